The molecule has 0 fully saturated rings. The van der Waals surface area contributed by atoms with Crippen molar-refractivity contribution in [1.29, 1.82) is 0 Å². The summed E-state index contributed by atoms with van der Waals surface area (Å²) in [4.78, 5) is 12.2. The summed E-state index contributed by atoms with van der Waals surface area (Å²) in [7, 11) is 0. The van der Waals surface area contributed by atoms with Gasteiger partial charge < -0.3 is 15.5 Å². The van der Waals surface area contributed by atoms with Crippen LogP contribution in [0, 0.1) is 0 Å². The van der Waals surface area contributed by atoms with Crippen molar-refractivity contribution >= 4 is 5.91 Å². The summed E-state index contributed by atoms with van der Waals surface area (Å²) in [6.45, 7) is 4.07. The van der Waals surface area contributed by atoms with Gasteiger partial charge in [0.25, 0.3) is 0 Å². The van der Waals surface area contributed by atoms with Crippen LogP contribution >= 0.6 is 0 Å². The second-order valence-electron chi connectivity index (χ2n) is 9.07. The van der Waals surface area contributed by atoms with Crippen molar-refractivity contribution in [1.82, 2.24) is 5.32 Å². The van der Waals surface area contributed by atoms with E-state index in [1.54, 1.807) is 6.08 Å². The smallest absolute Gasteiger partial charge is 0.220 e. The summed E-state index contributed by atoms with van der Waals surface area (Å²) in [5.41, 5.74) is 0. The highest BCUT2D eigenvalue weighted by Crippen LogP contribution is 2.06. The number of allylic oxidation sites excluding steroid dienone is 11. The summed E-state index contributed by atoms with van der Waals surface area (Å²) in [5, 5.41) is 22.6. The molecule has 4 nitrogen and oxygen atoms in total. The van der Waals surface area contributed by atoms with Crippen LogP contribution in [-0.2, 0) is 4.79 Å². The topological polar surface area (TPSA) is 69.6 Å². The average molecular weight is 500 g/mol. The van der Waals surface area contributed by atoms with E-state index in [1.807, 2.05) is 12.2 Å². The second-order valence-corrected chi connectivity index (χ2v) is 9.07. The van der Waals surface area contributed by atoms with Crippen LogP contribution < -0.4 is 5.32 Å². The van der Waals surface area contributed by atoms with Crippen molar-refractivity contribution in [2.75, 3.05) is 6.61 Å². The number of hydrogen-bond acceptors (Lipinski definition) is 3. The Hall–Kier alpha value is -2.17. The number of rotatable bonds is 23. The van der Waals surface area contributed by atoms with Gasteiger partial charge in [0.1, 0.15) is 0 Å². The van der Waals surface area contributed by atoms with Crippen LogP contribution in [0.5, 0.6) is 0 Å². The first kappa shape index (κ1) is 33.8. The molecule has 1 amide bonds. The molecule has 36 heavy (non-hydrogen) atoms. The van der Waals surface area contributed by atoms with Gasteiger partial charge in [-0.15, -0.1) is 0 Å². The van der Waals surface area contributed by atoms with Crippen molar-refractivity contribution in [2.45, 2.75) is 116 Å². The standard InChI is InChI=1S/C32H53NO3/c1-3-5-7-9-11-13-15-16-18-20-22-24-26-28-32(36)33-30(29-34)31(35)27-25-23-21-19-17-14-12-10-8-6-4-2/h5,7,11,13,16-19,22,24-25,27,30-31,34-35H,3-4,6,8-10,12,14-15,20-21,23,26,28-29H2,1-2H3,(H,33,36)/b7-5-,13-11-,18-16-,19-17+,24-22-,27-25+. The molecule has 0 radical (unpaired) electrons. The van der Waals surface area contributed by atoms with Gasteiger partial charge in [-0.25, -0.2) is 0 Å². The molecule has 0 aromatic heterocycles. The molecule has 0 saturated carbocycles. The lowest BCUT2D eigenvalue weighted by Crippen LogP contribution is -2.45. The zero-order chi connectivity index (χ0) is 26.5. The van der Waals surface area contributed by atoms with Gasteiger partial charge in [-0.1, -0.05) is 112 Å². The van der Waals surface area contributed by atoms with Gasteiger partial charge in [0.2, 0.25) is 5.91 Å². The van der Waals surface area contributed by atoms with Crippen molar-refractivity contribution in [3.8, 4) is 0 Å². The number of carbonyl (C=O) groups excluding carboxylic acids is 1. The van der Waals surface area contributed by atoms with Crippen LogP contribution in [0.2, 0.25) is 0 Å². The lowest BCUT2D eigenvalue weighted by molar-refractivity contribution is -0.122. The Morgan fingerprint density at radius 2 is 1.25 bits per heavy atom. The summed E-state index contributed by atoms with van der Waals surface area (Å²) < 4.78 is 0. The molecule has 0 bridgehead atoms. The fourth-order valence-electron chi connectivity index (χ4n) is 3.49. The molecular weight excluding hydrogens is 446 g/mol. The highest BCUT2D eigenvalue weighted by molar-refractivity contribution is 5.76. The first-order valence-corrected chi connectivity index (χ1v) is 14.2. The van der Waals surface area contributed by atoms with E-state index in [0.29, 0.717) is 12.8 Å². The van der Waals surface area contributed by atoms with Crippen molar-refractivity contribution in [3.63, 3.8) is 0 Å². The fourth-order valence-corrected chi connectivity index (χ4v) is 3.49. The first-order chi connectivity index (χ1) is 17.7. The SMILES string of the molecule is CC/C=C\C/C=C\C/C=C\C/C=C\CCC(=O)NC(CO)C(O)/C=C/CC/C=C/CCCCCCC. The van der Waals surface area contributed by atoms with Gasteiger partial charge in [-0.2, -0.15) is 0 Å². The Bertz CT molecular complexity index is 673. The van der Waals surface area contributed by atoms with Crippen molar-refractivity contribution in [3.05, 3.63) is 72.9 Å². The Kier molecular flexibility index (Phi) is 25.8. The minimum Gasteiger partial charge on any atom is -0.394 e. The van der Waals surface area contributed by atoms with Crippen LogP contribution in [0.25, 0.3) is 0 Å². The average Bonchev–Trinajstić information content (AvgIpc) is 2.88. The third kappa shape index (κ3) is 23.6. The normalized spacial score (nSPS) is 14.4. The van der Waals surface area contributed by atoms with Crippen LogP contribution in [-0.4, -0.2) is 34.9 Å². The molecule has 4 heteroatoms. The summed E-state index contributed by atoms with van der Waals surface area (Å²) in [6, 6.07) is -0.676. The fraction of sp³-hybridized carbons (Fsp3) is 0.594. The number of aliphatic hydroxyl groups excluding tert-OH is 2. The van der Waals surface area contributed by atoms with Crippen LogP contribution in [0.15, 0.2) is 72.9 Å². The van der Waals surface area contributed by atoms with Gasteiger partial charge in [-0.3, -0.25) is 4.79 Å². The highest BCUT2D eigenvalue weighted by Gasteiger charge is 2.17. The van der Waals surface area contributed by atoms with Gasteiger partial charge in [0.05, 0.1) is 18.8 Å². The van der Waals surface area contributed by atoms with E-state index in [-0.39, 0.29) is 12.5 Å². The molecule has 3 N–H and O–H groups in total. The van der Waals surface area contributed by atoms with E-state index < -0.39 is 12.1 Å². The Balaban J connectivity index is 3.95. The predicted molar refractivity (Wildman–Crippen MR) is 156 cm³/mol. The van der Waals surface area contributed by atoms with Crippen molar-refractivity contribution in [2.24, 2.45) is 0 Å². The van der Waals surface area contributed by atoms with Gasteiger partial charge in [0, 0.05) is 6.42 Å². The number of carbonyl (C=O) groups is 1. The monoisotopic (exact) mass is 499 g/mol. The minimum atomic E-state index is -0.890. The lowest BCUT2D eigenvalue weighted by Gasteiger charge is -2.19. The number of nitrogens with one attached hydrogen (secondary N) is 1. The zero-order valence-corrected chi connectivity index (χ0v) is 23.0. The summed E-state index contributed by atoms with van der Waals surface area (Å²) in [6.07, 6.45) is 38.4. The quantitative estimate of drug-likeness (QED) is 0.0998. The van der Waals surface area contributed by atoms with Crippen LogP contribution in [0.3, 0.4) is 0 Å². The minimum absolute atomic E-state index is 0.161. The molecule has 0 aromatic rings. The molecule has 0 rings (SSSR count). The molecule has 204 valence electrons. The molecule has 0 aliphatic heterocycles. The first-order valence-electron chi connectivity index (χ1n) is 14.2. The maximum atomic E-state index is 12.2. The lowest BCUT2D eigenvalue weighted by atomic mass is 10.1. The van der Waals surface area contributed by atoms with Crippen LogP contribution in [0.1, 0.15) is 104 Å². The van der Waals surface area contributed by atoms with E-state index in [0.717, 1.165) is 44.9 Å². The third-order valence-electron chi connectivity index (χ3n) is 5.69. The second kappa shape index (κ2) is 27.4. The largest absolute Gasteiger partial charge is 0.394 e. The zero-order valence-electron chi connectivity index (χ0n) is 23.0. The molecule has 0 aliphatic carbocycles. The van der Waals surface area contributed by atoms with E-state index >= 15 is 0 Å². The van der Waals surface area contributed by atoms with E-state index in [1.165, 1.54) is 32.1 Å². The molecule has 0 aliphatic rings. The molecule has 2 atom stereocenters. The Labute approximate surface area is 221 Å². The van der Waals surface area contributed by atoms with E-state index in [4.69, 9.17) is 0 Å². The summed E-state index contributed by atoms with van der Waals surface area (Å²) >= 11 is 0. The highest BCUT2D eigenvalue weighted by atomic mass is 16.3. The maximum absolute atomic E-state index is 12.2. The maximum Gasteiger partial charge on any atom is 0.220 e. The van der Waals surface area contributed by atoms with Crippen molar-refractivity contribution < 1.29 is 15.0 Å². The number of amides is 1. The number of aliphatic hydroxyl groups is 2. The molecule has 0 spiro atoms. The Morgan fingerprint density at radius 1 is 0.694 bits per heavy atom. The molecule has 2 unspecified atom stereocenters. The molecular formula is C32H53NO3. The Morgan fingerprint density at radius 3 is 1.89 bits per heavy atom. The van der Waals surface area contributed by atoms with Gasteiger partial charge in [0.15, 0.2) is 0 Å². The predicted octanol–water partition coefficient (Wildman–Crippen LogP) is 7.66. The molecule has 0 heterocycles. The van der Waals surface area contributed by atoms with Gasteiger partial charge >= 0.3 is 0 Å². The van der Waals surface area contributed by atoms with E-state index in [9.17, 15) is 15.0 Å². The number of unbranched alkanes of at least 4 members (excludes halogenated alkanes) is 6. The molecule has 0 aromatic carbocycles. The van der Waals surface area contributed by atoms with Crippen LogP contribution in [0.4, 0.5) is 0 Å². The number of hydrogen-bond donors (Lipinski definition) is 3. The molecule has 0 saturated heterocycles. The summed E-state index contributed by atoms with van der Waals surface area (Å²) in [5.74, 6) is -0.161. The third-order valence-corrected chi connectivity index (χ3v) is 5.69. The van der Waals surface area contributed by atoms with E-state index in [2.05, 4.69) is 73.8 Å². The van der Waals surface area contributed by atoms with Gasteiger partial charge in [-0.05, 0) is 57.8 Å².